The first-order chi connectivity index (χ1) is 23.9. The van der Waals surface area contributed by atoms with Crippen LogP contribution >= 0.6 is 0 Å². The van der Waals surface area contributed by atoms with Gasteiger partial charge in [-0.05, 0) is 69.0 Å². The SMILES string of the molecule is COCCCOc1cc(CN(C(=O)[C@H]2CN(C(=O)OC(C)(C)C)C[C@@H](OCOC)[C@@H]2c2cccc(-c3ccccc3)c2)C(C)C)cc(OC)c1. The van der Waals surface area contributed by atoms with E-state index in [9.17, 15) is 4.79 Å². The molecule has 4 rings (SSSR count). The summed E-state index contributed by atoms with van der Waals surface area (Å²) in [4.78, 5) is 32.0. The van der Waals surface area contributed by atoms with Crippen molar-refractivity contribution in [1.29, 1.82) is 0 Å². The van der Waals surface area contributed by atoms with Crippen LogP contribution in [-0.2, 0) is 30.3 Å². The van der Waals surface area contributed by atoms with Crippen molar-refractivity contribution in [3.8, 4) is 22.6 Å². The maximum atomic E-state index is 15.0. The molecule has 272 valence electrons. The Morgan fingerprint density at radius 1 is 0.860 bits per heavy atom. The van der Waals surface area contributed by atoms with Crippen molar-refractivity contribution in [3.63, 3.8) is 0 Å². The Morgan fingerprint density at radius 2 is 1.58 bits per heavy atom. The maximum absolute atomic E-state index is 15.0. The number of amides is 2. The van der Waals surface area contributed by atoms with E-state index in [1.165, 1.54) is 0 Å². The largest absolute Gasteiger partial charge is 0.497 e. The highest BCUT2D eigenvalue weighted by Gasteiger charge is 2.46. The first-order valence-electron chi connectivity index (χ1n) is 17.3. The van der Waals surface area contributed by atoms with Gasteiger partial charge in [-0.1, -0.05) is 54.6 Å². The standard InChI is InChI=1S/C40H54N2O8/c1-28(2)42(24-29-20-33(47-8)23-34(21-29)48-19-13-18-45-6)38(43)35-25-41(39(44)50-40(3,4)5)26-36(49-27-46-7)37(35)32-17-12-16-31(22-32)30-14-10-9-11-15-30/h9-12,14-17,20-23,28,35-37H,13,18-19,24-27H2,1-8H3/t35-,36+,37+/m0/s1. The third kappa shape index (κ3) is 10.7. The van der Waals surface area contributed by atoms with Gasteiger partial charge in [0.05, 0.1) is 32.3 Å². The van der Waals surface area contributed by atoms with Crippen molar-refractivity contribution in [2.75, 3.05) is 54.4 Å². The van der Waals surface area contributed by atoms with Gasteiger partial charge in [0.15, 0.2) is 0 Å². The van der Waals surface area contributed by atoms with Crippen LogP contribution in [0.3, 0.4) is 0 Å². The Hall–Kier alpha value is -4.12. The molecule has 0 aliphatic carbocycles. The van der Waals surface area contributed by atoms with Crippen molar-refractivity contribution in [2.45, 2.75) is 71.2 Å². The van der Waals surface area contributed by atoms with E-state index < -0.39 is 23.7 Å². The Labute approximate surface area is 297 Å². The quantitative estimate of drug-likeness (QED) is 0.123. The minimum absolute atomic E-state index is 0.00741. The molecule has 10 nitrogen and oxygen atoms in total. The third-order valence-corrected chi connectivity index (χ3v) is 8.60. The summed E-state index contributed by atoms with van der Waals surface area (Å²) in [5, 5.41) is 0. The van der Waals surface area contributed by atoms with Crippen LogP contribution in [0.2, 0.25) is 0 Å². The minimum atomic E-state index is -0.708. The lowest BCUT2D eigenvalue weighted by Crippen LogP contribution is -2.57. The molecule has 1 heterocycles. The molecular weight excluding hydrogens is 636 g/mol. The van der Waals surface area contributed by atoms with Crippen molar-refractivity contribution in [3.05, 3.63) is 83.9 Å². The van der Waals surface area contributed by atoms with E-state index >= 15 is 4.79 Å². The number of carbonyl (C=O) groups is 2. The van der Waals surface area contributed by atoms with E-state index in [0.29, 0.717) is 31.3 Å². The number of hydrogen-bond acceptors (Lipinski definition) is 8. The zero-order chi connectivity index (χ0) is 36.3. The van der Waals surface area contributed by atoms with Gasteiger partial charge in [-0.15, -0.1) is 0 Å². The highest BCUT2D eigenvalue weighted by Crippen LogP contribution is 2.39. The van der Waals surface area contributed by atoms with Crippen molar-refractivity contribution >= 4 is 12.0 Å². The second kappa shape index (κ2) is 18.2. The Balaban J connectivity index is 1.75. The molecule has 0 spiro atoms. The van der Waals surface area contributed by atoms with Crippen molar-refractivity contribution in [1.82, 2.24) is 9.80 Å². The number of nitrogens with zero attached hydrogens (tertiary/aromatic N) is 2. The summed E-state index contributed by atoms with van der Waals surface area (Å²) < 4.78 is 34.2. The first kappa shape index (κ1) is 38.7. The molecule has 3 atom stereocenters. The molecule has 1 aliphatic rings. The molecule has 0 aromatic heterocycles. The Bertz CT molecular complexity index is 1520. The van der Waals surface area contributed by atoms with Gasteiger partial charge < -0.3 is 38.2 Å². The van der Waals surface area contributed by atoms with Crippen LogP contribution in [0.1, 0.15) is 58.1 Å². The van der Waals surface area contributed by atoms with Crippen LogP contribution in [0.25, 0.3) is 11.1 Å². The van der Waals surface area contributed by atoms with Crippen LogP contribution in [0, 0.1) is 5.92 Å². The van der Waals surface area contributed by atoms with Gasteiger partial charge in [-0.25, -0.2) is 4.79 Å². The highest BCUT2D eigenvalue weighted by molar-refractivity contribution is 5.82. The Morgan fingerprint density at radius 3 is 2.24 bits per heavy atom. The Kier molecular flexibility index (Phi) is 14.1. The molecule has 0 bridgehead atoms. The molecular formula is C40H54N2O8. The van der Waals surface area contributed by atoms with E-state index in [0.717, 1.165) is 28.7 Å². The molecule has 0 unspecified atom stereocenters. The second-order valence-electron chi connectivity index (χ2n) is 13.9. The zero-order valence-corrected chi connectivity index (χ0v) is 30.8. The van der Waals surface area contributed by atoms with E-state index in [1.54, 1.807) is 26.2 Å². The number of hydrogen-bond donors (Lipinski definition) is 0. The second-order valence-corrected chi connectivity index (χ2v) is 13.9. The van der Waals surface area contributed by atoms with Gasteiger partial charge in [0.2, 0.25) is 5.91 Å². The lowest BCUT2D eigenvalue weighted by Gasteiger charge is -2.45. The summed E-state index contributed by atoms with van der Waals surface area (Å²) in [5.74, 6) is 0.162. The number of carbonyl (C=O) groups excluding carboxylic acids is 2. The number of methoxy groups -OCH3 is 3. The number of piperidine rings is 1. The fourth-order valence-electron chi connectivity index (χ4n) is 6.28. The van der Waals surface area contributed by atoms with Crippen LogP contribution in [0.15, 0.2) is 72.8 Å². The summed E-state index contributed by atoms with van der Waals surface area (Å²) in [7, 11) is 4.84. The molecule has 0 N–H and O–H groups in total. The van der Waals surface area contributed by atoms with Gasteiger partial charge in [0.1, 0.15) is 23.9 Å². The molecule has 50 heavy (non-hydrogen) atoms. The summed E-state index contributed by atoms with van der Waals surface area (Å²) in [6.07, 6.45) is -0.291. The molecule has 10 heteroatoms. The number of benzene rings is 3. The lowest BCUT2D eigenvalue weighted by molar-refractivity contribution is -0.149. The minimum Gasteiger partial charge on any atom is -0.497 e. The third-order valence-electron chi connectivity index (χ3n) is 8.60. The van der Waals surface area contributed by atoms with E-state index in [-0.39, 0.29) is 37.7 Å². The van der Waals surface area contributed by atoms with Gasteiger partial charge in [0, 0.05) is 58.4 Å². The van der Waals surface area contributed by atoms with Gasteiger partial charge in [-0.2, -0.15) is 0 Å². The molecule has 0 radical (unpaired) electrons. The molecule has 3 aromatic carbocycles. The fourth-order valence-corrected chi connectivity index (χ4v) is 6.28. The summed E-state index contributed by atoms with van der Waals surface area (Å²) in [5.41, 5.74) is 3.21. The van der Waals surface area contributed by atoms with Crippen molar-refractivity contribution < 1.29 is 38.0 Å². The van der Waals surface area contributed by atoms with E-state index in [1.807, 2.05) is 88.0 Å². The summed E-state index contributed by atoms with van der Waals surface area (Å²) in [6, 6.07) is 23.9. The average molecular weight is 691 g/mol. The van der Waals surface area contributed by atoms with Gasteiger partial charge >= 0.3 is 6.09 Å². The fraction of sp³-hybridized carbons (Fsp3) is 0.500. The molecule has 1 fully saturated rings. The summed E-state index contributed by atoms with van der Waals surface area (Å²) in [6.45, 7) is 11.3. The maximum Gasteiger partial charge on any atom is 0.410 e. The predicted molar refractivity (Wildman–Crippen MR) is 193 cm³/mol. The molecule has 1 aliphatic heterocycles. The molecule has 3 aromatic rings. The highest BCUT2D eigenvalue weighted by atomic mass is 16.7. The summed E-state index contributed by atoms with van der Waals surface area (Å²) >= 11 is 0. The average Bonchev–Trinajstić information content (AvgIpc) is 3.10. The van der Waals surface area contributed by atoms with E-state index in [2.05, 4.69) is 24.3 Å². The zero-order valence-electron chi connectivity index (χ0n) is 30.8. The van der Waals surface area contributed by atoms with Gasteiger partial charge in [0.25, 0.3) is 0 Å². The lowest BCUT2D eigenvalue weighted by atomic mass is 9.77. The molecule has 2 amide bonds. The monoisotopic (exact) mass is 690 g/mol. The number of ether oxygens (including phenoxy) is 6. The van der Waals surface area contributed by atoms with Crippen LogP contribution < -0.4 is 9.47 Å². The topological polar surface area (TPSA) is 96.0 Å². The van der Waals surface area contributed by atoms with Crippen molar-refractivity contribution in [2.24, 2.45) is 5.92 Å². The van der Waals surface area contributed by atoms with E-state index in [4.69, 9.17) is 28.4 Å². The van der Waals surface area contributed by atoms with Gasteiger partial charge in [-0.3, -0.25) is 4.79 Å². The predicted octanol–water partition coefficient (Wildman–Crippen LogP) is 7.15. The first-order valence-corrected chi connectivity index (χ1v) is 17.3. The molecule has 1 saturated heterocycles. The van der Waals surface area contributed by atoms with Crippen LogP contribution in [-0.4, -0.2) is 94.0 Å². The normalized spacial score (nSPS) is 17.8. The number of likely N-dealkylation sites (tertiary alicyclic amines) is 1. The smallest absolute Gasteiger partial charge is 0.410 e. The molecule has 0 saturated carbocycles. The van der Waals surface area contributed by atoms with Crippen LogP contribution in [0.5, 0.6) is 11.5 Å². The number of rotatable bonds is 15. The van der Waals surface area contributed by atoms with Crippen LogP contribution in [0.4, 0.5) is 4.79 Å².